The quantitative estimate of drug-likeness (QED) is 0.675. The molecule has 1 aromatic carbocycles. The van der Waals surface area contributed by atoms with Gasteiger partial charge in [-0.15, -0.1) is 0 Å². The minimum atomic E-state index is -0.440. The molecule has 2 heterocycles. The first kappa shape index (κ1) is 15.2. The lowest BCUT2D eigenvalue weighted by molar-refractivity contribution is 0.0497. The molecule has 0 saturated heterocycles. The van der Waals surface area contributed by atoms with Crippen LogP contribution in [0.25, 0.3) is 10.9 Å². The van der Waals surface area contributed by atoms with E-state index in [9.17, 15) is 4.79 Å². The maximum Gasteiger partial charge on any atom is 0.360 e. The summed E-state index contributed by atoms with van der Waals surface area (Å²) in [6, 6.07) is 9.87. The molecule has 0 aliphatic heterocycles. The van der Waals surface area contributed by atoms with Crippen LogP contribution in [-0.4, -0.2) is 22.7 Å². The zero-order chi connectivity index (χ0) is 16.2. The van der Waals surface area contributed by atoms with Crippen LogP contribution < -0.4 is 0 Å². The van der Waals surface area contributed by atoms with Crippen LogP contribution in [0, 0.1) is 6.92 Å². The molecule has 0 N–H and O–H groups in total. The van der Waals surface area contributed by atoms with E-state index in [2.05, 4.69) is 10.1 Å². The second kappa shape index (κ2) is 6.60. The summed E-state index contributed by atoms with van der Waals surface area (Å²) in [5.74, 6) is 0.279. The highest BCUT2D eigenvalue weighted by atomic mass is 16.5. The summed E-state index contributed by atoms with van der Waals surface area (Å²) >= 11 is 0. The Hall–Kier alpha value is -2.69. The van der Waals surface area contributed by atoms with Gasteiger partial charge in [0.15, 0.2) is 5.69 Å². The van der Waals surface area contributed by atoms with Crippen LogP contribution in [0.3, 0.4) is 0 Å². The van der Waals surface area contributed by atoms with Crippen LogP contribution in [0.5, 0.6) is 0 Å². The van der Waals surface area contributed by atoms with Gasteiger partial charge in [0.1, 0.15) is 5.76 Å². The minimum absolute atomic E-state index is 0.265. The molecule has 0 spiro atoms. The molecular weight excluding hydrogens is 292 g/mol. The predicted molar refractivity (Wildman–Crippen MR) is 86.3 cm³/mol. The van der Waals surface area contributed by atoms with E-state index < -0.39 is 5.97 Å². The molecule has 0 aliphatic rings. The van der Waals surface area contributed by atoms with E-state index in [1.807, 2.05) is 44.2 Å². The lowest BCUT2D eigenvalue weighted by atomic mass is 10.1. The van der Waals surface area contributed by atoms with Crippen molar-refractivity contribution in [2.75, 3.05) is 6.61 Å². The average molecular weight is 310 g/mol. The Bertz CT molecular complexity index is 834. The standard InChI is InChI=1S/C18H18N2O3/c1-3-16-12(2)17(20-23-16)18(21)22-11-9-13-8-10-19-15-7-5-4-6-14(13)15/h4-8,10H,3,9,11H2,1-2H3. The summed E-state index contributed by atoms with van der Waals surface area (Å²) < 4.78 is 10.5. The summed E-state index contributed by atoms with van der Waals surface area (Å²) in [6.45, 7) is 4.07. The Balaban J connectivity index is 1.66. The van der Waals surface area contributed by atoms with Gasteiger partial charge in [-0.05, 0) is 24.6 Å². The molecule has 0 aliphatic carbocycles. The van der Waals surface area contributed by atoms with Crippen molar-refractivity contribution >= 4 is 16.9 Å². The normalized spacial score (nSPS) is 10.9. The van der Waals surface area contributed by atoms with Gasteiger partial charge < -0.3 is 9.26 Å². The molecule has 5 nitrogen and oxygen atoms in total. The summed E-state index contributed by atoms with van der Waals surface area (Å²) in [6.07, 6.45) is 3.11. The Morgan fingerprint density at radius 1 is 1.26 bits per heavy atom. The molecule has 0 fully saturated rings. The lowest BCUT2D eigenvalue weighted by Crippen LogP contribution is -2.10. The highest BCUT2D eigenvalue weighted by Crippen LogP contribution is 2.17. The first-order valence-electron chi connectivity index (χ1n) is 7.65. The van der Waals surface area contributed by atoms with Crippen molar-refractivity contribution in [2.24, 2.45) is 0 Å². The van der Waals surface area contributed by atoms with Crippen molar-refractivity contribution in [3.8, 4) is 0 Å². The Labute approximate surface area is 134 Å². The van der Waals surface area contributed by atoms with Gasteiger partial charge in [0.05, 0.1) is 12.1 Å². The summed E-state index contributed by atoms with van der Waals surface area (Å²) in [5, 5.41) is 4.88. The highest BCUT2D eigenvalue weighted by Gasteiger charge is 2.19. The van der Waals surface area contributed by atoms with Crippen LogP contribution in [0.4, 0.5) is 0 Å². The molecule has 0 bridgehead atoms. The topological polar surface area (TPSA) is 65.2 Å². The van der Waals surface area contributed by atoms with Crippen molar-refractivity contribution in [3.05, 3.63) is 59.1 Å². The molecule has 118 valence electrons. The van der Waals surface area contributed by atoms with Crippen molar-refractivity contribution in [1.82, 2.24) is 10.1 Å². The smallest absolute Gasteiger partial charge is 0.360 e. The maximum absolute atomic E-state index is 12.1. The largest absolute Gasteiger partial charge is 0.461 e. The van der Waals surface area contributed by atoms with Crippen LogP contribution in [-0.2, 0) is 17.6 Å². The molecule has 0 atom stereocenters. The van der Waals surface area contributed by atoms with Crippen molar-refractivity contribution in [2.45, 2.75) is 26.7 Å². The number of nitrogens with zero attached hydrogens (tertiary/aromatic N) is 2. The monoisotopic (exact) mass is 310 g/mol. The zero-order valence-electron chi connectivity index (χ0n) is 13.2. The first-order chi connectivity index (χ1) is 11.2. The molecule has 0 amide bonds. The van der Waals surface area contributed by atoms with Crippen LogP contribution in [0.1, 0.15) is 34.3 Å². The van der Waals surface area contributed by atoms with Crippen molar-refractivity contribution < 1.29 is 14.1 Å². The number of hydrogen-bond acceptors (Lipinski definition) is 5. The fourth-order valence-electron chi connectivity index (χ4n) is 2.58. The van der Waals surface area contributed by atoms with Gasteiger partial charge in [0, 0.05) is 30.0 Å². The lowest BCUT2D eigenvalue weighted by Gasteiger charge is -2.06. The third kappa shape index (κ3) is 3.08. The SMILES string of the molecule is CCc1onc(C(=O)OCCc2ccnc3ccccc23)c1C. The highest BCUT2D eigenvalue weighted by molar-refractivity contribution is 5.89. The van der Waals surface area contributed by atoms with E-state index in [1.165, 1.54) is 0 Å². The molecule has 3 aromatic rings. The number of aryl methyl sites for hydroxylation is 1. The van der Waals surface area contributed by atoms with E-state index in [4.69, 9.17) is 9.26 Å². The summed E-state index contributed by atoms with van der Waals surface area (Å²) in [5.41, 5.74) is 3.07. The van der Waals surface area contributed by atoms with Gasteiger partial charge in [-0.2, -0.15) is 0 Å². The van der Waals surface area contributed by atoms with Gasteiger partial charge in [0.2, 0.25) is 0 Å². The van der Waals surface area contributed by atoms with Crippen molar-refractivity contribution in [3.63, 3.8) is 0 Å². The summed E-state index contributed by atoms with van der Waals surface area (Å²) in [7, 11) is 0. The van der Waals surface area contributed by atoms with E-state index in [1.54, 1.807) is 6.20 Å². The number of carbonyl (C=O) groups excluding carboxylic acids is 1. The maximum atomic E-state index is 12.1. The fraction of sp³-hybridized carbons (Fsp3) is 0.278. The Morgan fingerprint density at radius 2 is 2.09 bits per heavy atom. The van der Waals surface area contributed by atoms with Gasteiger partial charge in [-0.25, -0.2) is 4.79 Å². The first-order valence-corrected chi connectivity index (χ1v) is 7.65. The number of carbonyl (C=O) groups is 1. The number of pyridine rings is 1. The molecule has 3 rings (SSSR count). The van der Waals surface area contributed by atoms with Crippen LogP contribution in [0.15, 0.2) is 41.1 Å². The van der Waals surface area contributed by atoms with Gasteiger partial charge in [-0.3, -0.25) is 4.98 Å². The zero-order valence-corrected chi connectivity index (χ0v) is 13.2. The van der Waals surface area contributed by atoms with Crippen LogP contribution >= 0.6 is 0 Å². The number of aromatic nitrogens is 2. The van der Waals surface area contributed by atoms with E-state index in [-0.39, 0.29) is 5.69 Å². The second-order valence-corrected chi connectivity index (χ2v) is 5.31. The van der Waals surface area contributed by atoms with Gasteiger partial charge >= 0.3 is 5.97 Å². The van der Waals surface area contributed by atoms with E-state index in [0.29, 0.717) is 19.4 Å². The molecular formula is C18H18N2O3. The number of benzene rings is 1. The number of ether oxygens (including phenoxy) is 1. The van der Waals surface area contributed by atoms with Gasteiger partial charge in [-0.1, -0.05) is 30.3 Å². The third-order valence-electron chi connectivity index (χ3n) is 3.88. The molecule has 5 heteroatoms. The average Bonchev–Trinajstić information content (AvgIpc) is 2.95. The van der Waals surface area contributed by atoms with Gasteiger partial charge in [0.25, 0.3) is 0 Å². The number of rotatable bonds is 5. The summed E-state index contributed by atoms with van der Waals surface area (Å²) in [4.78, 5) is 16.4. The van der Waals surface area contributed by atoms with Crippen LogP contribution in [0.2, 0.25) is 0 Å². The molecule has 0 radical (unpaired) electrons. The van der Waals surface area contributed by atoms with Crippen molar-refractivity contribution in [1.29, 1.82) is 0 Å². The Morgan fingerprint density at radius 3 is 2.87 bits per heavy atom. The number of esters is 1. The molecule has 23 heavy (non-hydrogen) atoms. The minimum Gasteiger partial charge on any atom is -0.461 e. The third-order valence-corrected chi connectivity index (χ3v) is 3.88. The predicted octanol–water partition coefficient (Wildman–Crippen LogP) is 3.49. The number of fused-ring (bicyclic) bond motifs is 1. The second-order valence-electron chi connectivity index (χ2n) is 5.31. The molecule has 2 aromatic heterocycles. The number of hydrogen-bond donors (Lipinski definition) is 0. The van der Waals surface area contributed by atoms with E-state index >= 15 is 0 Å². The molecule has 0 saturated carbocycles. The fourth-order valence-corrected chi connectivity index (χ4v) is 2.58. The number of para-hydroxylation sites is 1. The van der Waals surface area contributed by atoms with E-state index in [0.717, 1.165) is 27.8 Å². The Kier molecular flexibility index (Phi) is 4.37. The molecule has 0 unspecified atom stereocenters.